The Hall–Kier alpha value is -3.35. The molecule has 0 fully saturated rings. The van der Waals surface area contributed by atoms with E-state index in [-0.39, 0.29) is 19.2 Å². The predicted octanol–water partition coefficient (Wildman–Crippen LogP) is -0.888. The van der Waals surface area contributed by atoms with Crippen LogP contribution in [0.2, 0.25) is 0 Å². The van der Waals surface area contributed by atoms with Crippen LogP contribution in [-0.4, -0.2) is 74.7 Å². The number of hydrogen-bond donors (Lipinski definition) is 4. The minimum absolute atomic E-state index is 0.0882. The first-order valence-corrected chi connectivity index (χ1v) is 9.53. The number of rotatable bonds is 13. The van der Waals surface area contributed by atoms with E-state index in [1.165, 1.54) is 12.3 Å². The van der Waals surface area contributed by atoms with Crippen LogP contribution in [0.15, 0.2) is 21.8 Å². The van der Waals surface area contributed by atoms with Crippen LogP contribution in [-0.2, 0) is 19.1 Å². The number of aliphatic imine (C=N–C) groups is 1. The number of esters is 1. The number of alkyl carbamates (subject to hydrolysis) is 1. The molecule has 0 aliphatic carbocycles. The van der Waals surface area contributed by atoms with Gasteiger partial charge in [0.1, 0.15) is 0 Å². The van der Waals surface area contributed by atoms with Gasteiger partial charge in [-0.05, 0) is 6.42 Å². The molecule has 0 saturated heterocycles. The molecule has 1 aromatic rings. The fourth-order valence-corrected chi connectivity index (χ4v) is 2.33. The number of amides is 2. The van der Waals surface area contributed by atoms with E-state index in [4.69, 9.17) is 18.7 Å². The Morgan fingerprint density at radius 1 is 1.40 bits per heavy atom. The van der Waals surface area contributed by atoms with Crippen molar-refractivity contribution in [1.29, 1.82) is 0 Å². The van der Waals surface area contributed by atoms with Crippen molar-refractivity contribution in [3.8, 4) is 5.95 Å². The maximum Gasteiger partial charge on any atom is 0.407 e. The Morgan fingerprint density at radius 2 is 2.27 bits per heavy atom. The second-order valence-electron chi connectivity index (χ2n) is 6.02. The molecule has 0 bridgehead atoms. The van der Waals surface area contributed by atoms with E-state index in [2.05, 4.69) is 31.4 Å². The average molecular weight is 426 g/mol. The van der Waals surface area contributed by atoms with Crippen LogP contribution < -0.4 is 26.0 Å². The monoisotopic (exact) mass is 426 g/mol. The van der Waals surface area contributed by atoms with Gasteiger partial charge in [-0.2, -0.15) is 0 Å². The van der Waals surface area contributed by atoms with Crippen molar-refractivity contribution in [2.75, 3.05) is 32.8 Å². The van der Waals surface area contributed by atoms with Crippen molar-refractivity contribution in [1.82, 2.24) is 26.4 Å². The minimum atomic E-state index is -1.41. The van der Waals surface area contributed by atoms with Crippen LogP contribution in [0.1, 0.15) is 19.8 Å². The van der Waals surface area contributed by atoms with Gasteiger partial charge in [0.2, 0.25) is 6.41 Å². The molecule has 2 atom stereocenters. The first kappa shape index (κ1) is 22.9. The Kier molecular flexibility index (Phi) is 9.92. The van der Waals surface area contributed by atoms with E-state index >= 15 is 0 Å². The highest BCUT2D eigenvalue weighted by Crippen LogP contribution is 2.10. The third kappa shape index (κ3) is 7.95. The van der Waals surface area contributed by atoms with Gasteiger partial charge in [0, 0.05) is 19.2 Å². The van der Waals surface area contributed by atoms with Crippen molar-refractivity contribution in [3.05, 3.63) is 12.3 Å². The zero-order chi connectivity index (χ0) is 21.6. The van der Waals surface area contributed by atoms with Crippen LogP contribution in [0.5, 0.6) is 5.95 Å². The first-order chi connectivity index (χ1) is 14.6. The highest BCUT2D eigenvalue weighted by atomic mass is 16.7. The summed E-state index contributed by atoms with van der Waals surface area (Å²) in [5, 5.41) is 14.2. The Bertz CT molecular complexity index is 697. The van der Waals surface area contributed by atoms with Crippen LogP contribution >= 0.6 is 0 Å². The lowest BCUT2D eigenvalue weighted by molar-refractivity contribution is -0.143. The Labute approximate surface area is 172 Å². The van der Waals surface area contributed by atoms with Gasteiger partial charge in [-0.25, -0.2) is 9.59 Å². The summed E-state index contributed by atoms with van der Waals surface area (Å²) in [7, 11) is 0. The first-order valence-electron chi connectivity index (χ1n) is 9.53. The van der Waals surface area contributed by atoms with Gasteiger partial charge in [-0.3, -0.25) is 9.79 Å². The summed E-state index contributed by atoms with van der Waals surface area (Å²) in [5.74, 6) is -0.478. The van der Waals surface area contributed by atoms with Crippen molar-refractivity contribution < 1.29 is 33.1 Å². The summed E-state index contributed by atoms with van der Waals surface area (Å²) in [5.41, 5.74) is 0. The summed E-state index contributed by atoms with van der Waals surface area (Å²) in [6.45, 7) is 3.98. The average Bonchev–Trinajstić information content (AvgIpc) is 3.43. The molecule has 166 valence electrons. The summed E-state index contributed by atoms with van der Waals surface area (Å²) in [4.78, 5) is 39.8. The molecule has 30 heavy (non-hydrogen) atoms. The summed E-state index contributed by atoms with van der Waals surface area (Å²) >= 11 is 0. The fourth-order valence-electron chi connectivity index (χ4n) is 2.33. The quantitative estimate of drug-likeness (QED) is 0.135. The second-order valence-corrected chi connectivity index (χ2v) is 6.02. The molecule has 2 unspecified atom stereocenters. The van der Waals surface area contributed by atoms with Gasteiger partial charge in [0.05, 0.1) is 26.0 Å². The van der Waals surface area contributed by atoms with Gasteiger partial charge < -0.3 is 40.0 Å². The Morgan fingerprint density at radius 3 is 2.93 bits per heavy atom. The summed E-state index contributed by atoms with van der Waals surface area (Å²) in [6, 6.07) is -0.0899. The van der Waals surface area contributed by atoms with E-state index in [0.717, 1.165) is 13.0 Å². The van der Waals surface area contributed by atoms with E-state index in [9.17, 15) is 14.4 Å². The molecule has 1 aliphatic heterocycles. The van der Waals surface area contributed by atoms with Crippen LogP contribution in [0.3, 0.4) is 0 Å². The topological polar surface area (TPSA) is 165 Å². The van der Waals surface area contributed by atoms with E-state index < -0.39 is 24.3 Å². The van der Waals surface area contributed by atoms with Crippen LogP contribution in [0.4, 0.5) is 4.79 Å². The fraction of sp³-hybridized carbons (Fsp3) is 0.588. The molecule has 0 saturated carbocycles. The third-order valence-corrected chi connectivity index (χ3v) is 3.77. The number of aromatic nitrogens is 1. The summed E-state index contributed by atoms with van der Waals surface area (Å²) < 4.78 is 20.4. The largest absolute Gasteiger partial charge is 0.450 e. The summed E-state index contributed by atoms with van der Waals surface area (Å²) in [6.07, 6.45) is 1.04. The molecule has 2 rings (SSSR count). The number of nitrogens with one attached hydrogen (secondary N) is 4. The number of guanidine groups is 1. The van der Waals surface area contributed by atoms with Crippen LogP contribution in [0.25, 0.3) is 0 Å². The van der Waals surface area contributed by atoms with Crippen LogP contribution in [0, 0.1) is 0 Å². The molecule has 0 radical (unpaired) electrons. The lowest BCUT2D eigenvalue weighted by Gasteiger charge is -2.25. The van der Waals surface area contributed by atoms with Crippen molar-refractivity contribution in [2.24, 2.45) is 4.99 Å². The Balaban J connectivity index is 1.97. The minimum Gasteiger partial charge on any atom is -0.450 e. The highest BCUT2D eigenvalue weighted by molar-refractivity contribution is 5.83. The van der Waals surface area contributed by atoms with Gasteiger partial charge in [-0.1, -0.05) is 18.5 Å². The number of carbonyl (C=O) groups is 3. The van der Waals surface area contributed by atoms with Crippen molar-refractivity contribution >= 4 is 24.4 Å². The number of hydrogen-bond acceptors (Lipinski definition) is 11. The predicted molar refractivity (Wildman–Crippen MR) is 103 cm³/mol. The van der Waals surface area contributed by atoms with E-state index in [1.54, 1.807) is 0 Å². The molecule has 0 spiro atoms. The number of unbranched alkanes of at least 4 members (excludes halogenated alkanes) is 1. The lowest BCUT2D eigenvalue weighted by atomic mass is 10.2. The van der Waals surface area contributed by atoms with Gasteiger partial charge in [0.15, 0.2) is 18.2 Å². The van der Waals surface area contributed by atoms with Crippen molar-refractivity contribution in [3.63, 3.8) is 0 Å². The number of ether oxygens (including phenoxy) is 3. The zero-order valence-electron chi connectivity index (χ0n) is 16.6. The maximum atomic E-state index is 12.6. The molecule has 2 heterocycles. The maximum absolute atomic E-state index is 12.6. The highest BCUT2D eigenvalue weighted by Gasteiger charge is 2.33. The zero-order valence-corrected chi connectivity index (χ0v) is 16.6. The van der Waals surface area contributed by atoms with Gasteiger partial charge >= 0.3 is 18.0 Å². The normalized spacial score (nSPS) is 14.6. The van der Waals surface area contributed by atoms with Gasteiger partial charge in [0.25, 0.3) is 0 Å². The molecule has 4 N–H and O–H groups in total. The van der Waals surface area contributed by atoms with E-state index in [0.29, 0.717) is 31.9 Å². The molecular formula is C17H26N6O7. The second kappa shape index (κ2) is 13.0. The number of carbonyl (C=O) groups excluding carboxylic acids is 3. The SMILES string of the molecule is CCCCOC(=O)NC(C(=O)Oc1ccno1)C(NC=O)OCCNC1=NCCN1. The molecule has 13 heteroatoms. The van der Waals surface area contributed by atoms with Gasteiger partial charge in [-0.15, -0.1) is 0 Å². The molecule has 13 nitrogen and oxygen atoms in total. The van der Waals surface area contributed by atoms with Crippen molar-refractivity contribution in [2.45, 2.75) is 32.0 Å². The van der Waals surface area contributed by atoms with E-state index in [1.807, 2.05) is 6.92 Å². The standard InChI is InChI=1S/C17H26N6O7/c1-2-3-9-28-17(26)23-13(15(25)29-12-4-5-22-30-12)14(21-11-24)27-10-8-20-16-18-6-7-19-16/h4-5,11,13-14H,2-3,6-10H2,1H3,(H,21,24)(H,23,26)(H2,18,19,20). The number of nitrogens with zero attached hydrogens (tertiary/aromatic N) is 2. The molecule has 1 aromatic heterocycles. The third-order valence-electron chi connectivity index (χ3n) is 3.77. The molecule has 1 aliphatic rings. The smallest absolute Gasteiger partial charge is 0.407 e. The molecular weight excluding hydrogens is 400 g/mol. The molecule has 0 aromatic carbocycles. The lowest BCUT2D eigenvalue weighted by Crippen LogP contribution is -2.57. The molecule has 2 amide bonds.